The summed E-state index contributed by atoms with van der Waals surface area (Å²) in [5.74, 6) is -0.648. The molecule has 0 aromatic heterocycles. The molecule has 22 heavy (non-hydrogen) atoms. The summed E-state index contributed by atoms with van der Waals surface area (Å²) in [5, 5.41) is 5.17. The molecule has 0 saturated carbocycles. The second-order valence-corrected chi connectivity index (χ2v) is 6.70. The number of rotatable bonds is 5. The second kappa shape index (κ2) is 6.71. The summed E-state index contributed by atoms with van der Waals surface area (Å²) in [7, 11) is -3.72. The molecule has 0 bridgehead atoms. The predicted octanol–water partition coefficient (Wildman–Crippen LogP) is -0.391. The van der Waals surface area contributed by atoms with Crippen LogP contribution in [0.3, 0.4) is 0 Å². The highest BCUT2D eigenvalue weighted by Crippen LogP contribution is 2.17. The zero-order chi connectivity index (χ0) is 16.2. The van der Waals surface area contributed by atoms with E-state index in [9.17, 15) is 18.0 Å². The molecule has 0 atom stereocenters. The Morgan fingerprint density at radius 2 is 2.23 bits per heavy atom. The van der Waals surface area contributed by atoms with Crippen LogP contribution >= 0.6 is 0 Å². The average molecular weight is 323 g/mol. The molecule has 1 aliphatic heterocycles. The predicted molar refractivity (Wildman–Crippen MR) is 80.3 cm³/mol. The number of nitrogens with zero attached hydrogens (tertiary/aromatic N) is 1. The van der Waals surface area contributed by atoms with Crippen LogP contribution in [0.2, 0.25) is 0 Å². The van der Waals surface area contributed by atoms with Crippen molar-refractivity contribution in [3.8, 4) is 0 Å². The molecule has 1 saturated heterocycles. The number of carbonyl (C=O) groups is 2. The second-order valence-electron chi connectivity index (χ2n) is 4.76. The highest BCUT2D eigenvalue weighted by Gasteiger charge is 2.29. The normalized spacial score (nSPS) is 15.9. The van der Waals surface area contributed by atoms with E-state index in [-0.39, 0.29) is 36.3 Å². The fraction of sp³-hybridized carbons (Fsp3) is 0.286. The van der Waals surface area contributed by atoms with Crippen molar-refractivity contribution in [3.05, 3.63) is 42.5 Å². The Labute approximate surface area is 129 Å². The molecule has 1 aromatic rings. The van der Waals surface area contributed by atoms with Crippen molar-refractivity contribution in [2.75, 3.05) is 19.6 Å². The van der Waals surface area contributed by atoms with Gasteiger partial charge in [0, 0.05) is 19.6 Å². The minimum atomic E-state index is -3.72. The third-order valence-electron chi connectivity index (χ3n) is 3.19. The van der Waals surface area contributed by atoms with Gasteiger partial charge in [0.2, 0.25) is 21.8 Å². The van der Waals surface area contributed by atoms with E-state index in [2.05, 4.69) is 17.2 Å². The number of amides is 2. The van der Waals surface area contributed by atoms with Crippen LogP contribution in [0.1, 0.15) is 5.56 Å². The van der Waals surface area contributed by atoms with Gasteiger partial charge in [-0.15, -0.1) is 0 Å². The maximum atomic E-state index is 12.5. The zero-order valence-electron chi connectivity index (χ0n) is 11.9. The topological polar surface area (TPSA) is 95.6 Å². The minimum Gasteiger partial charge on any atom is -0.354 e. The minimum absolute atomic E-state index is 0.104. The van der Waals surface area contributed by atoms with E-state index in [0.29, 0.717) is 12.1 Å². The van der Waals surface area contributed by atoms with Crippen LogP contribution in [0.15, 0.2) is 41.8 Å². The Morgan fingerprint density at radius 1 is 1.45 bits per heavy atom. The lowest BCUT2D eigenvalue weighted by molar-refractivity contribution is -0.122. The van der Waals surface area contributed by atoms with Crippen LogP contribution in [0.25, 0.3) is 0 Å². The number of hydrogen-bond acceptors (Lipinski definition) is 4. The highest BCUT2D eigenvalue weighted by atomic mass is 32.2. The van der Waals surface area contributed by atoms with Crippen molar-refractivity contribution in [1.82, 2.24) is 14.9 Å². The van der Waals surface area contributed by atoms with Crippen molar-refractivity contribution in [2.45, 2.75) is 11.4 Å². The molecule has 2 rings (SSSR count). The molecule has 1 fully saturated rings. The van der Waals surface area contributed by atoms with E-state index in [1.165, 1.54) is 12.1 Å². The molecule has 118 valence electrons. The van der Waals surface area contributed by atoms with Crippen LogP contribution in [-0.4, -0.2) is 44.2 Å². The van der Waals surface area contributed by atoms with Crippen LogP contribution in [-0.2, 0) is 26.2 Å². The number of benzene rings is 1. The van der Waals surface area contributed by atoms with Crippen molar-refractivity contribution in [2.24, 2.45) is 0 Å². The summed E-state index contributed by atoms with van der Waals surface area (Å²) in [6.45, 7) is 3.91. The Morgan fingerprint density at radius 3 is 2.91 bits per heavy atom. The zero-order valence-corrected chi connectivity index (χ0v) is 12.7. The largest absolute Gasteiger partial charge is 0.354 e. The summed E-state index contributed by atoms with van der Waals surface area (Å²) in [6.07, 6.45) is 1.15. The number of nitrogens with one attached hydrogen (secondary N) is 2. The lowest BCUT2D eigenvalue weighted by atomic mass is 10.2. The van der Waals surface area contributed by atoms with Gasteiger partial charge in [-0.3, -0.25) is 9.59 Å². The lowest BCUT2D eigenvalue weighted by Gasteiger charge is -2.26. The molecular weight excluding hydrogens is 306 g/mol. The lowest BCUT2D eigenvalue weighted by Crippen LogP contribution is -2.49. The van der Waals surface area contributed by atoms with Crippen molar-refractivity contribution < 1.29 is 18.0 Å². The van der Waals surface area contributed by atoms with E-state index >= 15 is 0 Å². The fourth-order valence-corrected chi connectivity index (χ4v) is 3.51. The smallest absolute Gasteiger partial charge is 0.243 e. The van der Waals surface area contributed by atoms with E-state index in [1.54, 1.807) is 12.1 Å². The molecule has 0 radical (unpaired) electrons. The summed E-state index contributed by atoms with van der Waals surface area (Å²) in [6, 6.07) is 6.28. The summed E-state index contributed by atoms with van der Waals surface area (Å²) in [4.78, 5) is 22.6. The first-order valence-corrected chi connectivity index (χ1v) is 8.13. The first kappa shape index (κ1) is 16.2. The van der Waals surface area contributed by atoms with Crippen molar-refractivity contribution in [3.63, 3.8) is 0 Å². The number of carbonyl (C=O) groups excluding carboxylic acids is 2. The Kier molecular flexibility index (Phi) is 4.94. The van der Waals surface area contributed by atoms with Crippen LogP contribution < -0.4 is 10.6 Å². The summed E-state index contributed by atoms with van der Waals surface area (Å²) in [5.41, 5.74) is 0.651. The highest BCUT2D eigenvalue weighted by molar-refractivity contribution is 7.89. The van der Waals surface area contributed by atoms with E-state index < -0.39 is 10.0 Å². The van der Waals surface area contributed by atoms with Gasteiger partial charge in [-0.05, 0) is 23.8 Å². The molecule has 1 aromatic carbocycles. The SMILES string of the molecule is C=CC(=O)NCc1cccc(S(=O)(=O)N2CCNC(=O)C2)c1. The maximum Gasteiger partial charge on any atom is 0.243 e. The third-order valence-corrected chi connectivity index (χ3v) is 5.03. The molecule has 0 unspecified atom stereocenters. The quantitative estimate of drug-likeness (QED) is 0.721. The molecule has 0 spiro atoms. The molecule has 1 heterocycles. The summed E-state index contributed by atoms with van der Waals surface area (Å²) >= 11 is 0. The van der Waals surface area contributed by atoms with Crippen LogP contribution in [0.4, 0.5) is 0 Å². The van der Waals surface area contributed by atoms with Gasteiger partial charge < -0.3 is 10.6 Å². The molecule has 8 heteroatoms. The van der Waals surface area contributed by atoms with Gasteiger partial charge in [-0.25, -0.2) is 8.42 Å². The van der Waals surface area contributed by atoms with Crippen LogP contribution in [0, 0.1) is 0 Å². The third kappa shape index (κ3) is 3.71. The molecular formula is C14H17N3O4S. The van der Waals surface area contributed by atoms with Gasteiger partial charge in [0.25, 0.3) is 0 Å². The standard InChI is InChI=1S/C14H17N3O4S/c1-2-13(18)16-9-11-4-3-5-12(8-11)22(20,21)17-7-6-15-14(19)10-17/h2-5,8H,1,6-7,9-10H2,(H,15,19)(H,16,18). The van der Waals surface area contributed by atoms with E-state index in [4.69, 9.17) is 0 Å². The fourth-order valence-electron chi connectivity index (χ4n) is 2.05. The van der Waals surface area contributed by atoms with Crippen molar-refractivity contribution in [1.29, 1.82) is 0 Å². The molecule has 2 amide bonds. The van der Waals surface area contributed by atoms with Crippen molar-refractivity contribution >= 4 is 21.8 Å². The first-order valence-electron chi connectivity index (χ1n) is 6.69. The molecule has 2 N–H and O–H groups in total. The summed E-state index contributed by atoms with van der Waals surface area (Å²) < 4.78 is 26.2. The number of sulfonamides is 1. The number of piperazine rings is 1. The van der Waals surface area contributed by atoms with Gasteiger partial charge in [0.05, 0.1) is 11.4 Å². The molecule has 0 aliphatic carbocycles. The molecule has 1 aliphatic rings. The number of hydrogen-bond donors (Lipinski definition) is 2. The van der Waals surface area contributed by atoms with E-state index in [0.717, 1.165) is 10.4 Å². The van der Waals surface area contributed by atoms with Gasteiger partial charge in [-0.1, -0.05) is 18.7 Å². The maximum absolute atomic E-state index is 12.5. The first-order chi connectivity index (χ1) is 10.4. The Hall–Kier alpha value is -2.19. The molecule has 7 nitrogen and oxygen atoms in total. The van der Waals surface area contributed by atoms with Gasteiger partial charge >= 0.3 is 0 Å². The monoisotopic (exact) mass is 323 g/mol. The van der Waals surface area contributed by atoms with Gasteiger partial charge in [0.1, 0.15) is 0 Å². The Balaban J connectivity index is 2.18. The van der Waals surface area contributed by atoms with Gasteiger partial charge in [-0.2, -0.15) is 4.31 Å². The van der Waals surface area contributed by atoms with E-state index in [1.807, 2.05) is 0 Å². The average Bonchev–Trinajstić information content (AvgIpc) is 2.53. The Bertz CT molecular complexity index is 700. The van der Waals surface area contributed by atoms with Crippen LogP contribution in [0.5, 0.6) is 0 Å². The van der Waals surface area contributed by atoms with Gasteiger partial charge in [0.15, 0.2) is 0 Å².